The number of hydrogen-bond acceptors (Lipinski definition) is 4. The molecule has 0 aliphatic carbocycles. The molecule has 1 aliphatic heterocycles. The van der Waals surface area contributed by atoms with Gasteiger partial charge < -0.3 is 4.90 Å². The molecule has 0 bridgehead atoms. The highest BCUT2D eigenvalue weighted by Crippen LogP contribution is 2.30. The fraction of sp³-hybridized carbons (Fsp3) is 0.667. The van der Waals surface area contributed by atoms with E-state index >= 15 is 0 Å². The summed E-state index contributed by atoms with van der Waals surface area (Å²) >= 11 is 3.60. The van der Waals surface area contributed by atoms with Crippen LogP contribution in [0.25, 0.3) is 0 Å². The molecule has 2 heterocycles. The number of carbonyl (C=O) groups excluding carboxylic acids is 1. The number of nitrogens with zero attached hydrogens (tertiary/aromatic N) is 1. The van der Waals surface area contributed by atoms with E-state index in [1.165, 1.54) is 17.1 Å². The van der Waals surface area contributed by atoms with Crippen LogP contribution in [0.2, 0.25) is 0 Å². The molecule has 3 nitrogen and oxygen atoms in total. The summed E-state index contributed by atoms with van der Waals surface area (Å²) in [7, 11) is 0. The van der Waals surface area contributed by atoms with Crippen molar-refractivity contribution in [3.63, 3.8) is 0 Å². The molecular formula is C15H24N2OS2. The zero-order valence-electron chi connectivity index (χ0n) is 12.3. The summed E-state index contributed by atoms with van der Waals surface area (Å²) in [5.74, 6) is 1.46. The number of carbonyl (C=O) groups is 1. The van der Waals surface area contributed by atoms with Gasteiger partial charge in [0, 0.05) is 11.4 Å². The van der Waals surface area contributed by atoms with Crippen molar-refractivity contribution in [1.29, 1.82) is 0 Å². The Morgan fingerprint density at radius 3 is 2.95 bits per heavy atom. The normalized spacial score (nSPS) is 22.7. The van der Waals surface area contributed by atoms with Crippen molar-refractivity contribution in [1.82, 2.24) is 10.2 Å². The van der Waals surface area contributed by atoms with Crippen molar-refractivity contribution in [2.24, 2.45) is 0 Å². The number of rotatable bonds is 8. The van der Waals surface area contributed by atoms with Gasteiger partial charge >= 0.3 is 0 Å². The maximum absolute atomic E-state index is 12.5. The van der Waals surface area contributed by atoms with Crippen molar-refractivity contribution in [2.75, 3.05) is 18.6 Å². The van der Waals surface area contributed by atoms with Gasteiger partial charge in [0.15, 0.2) is 0 Å². The molecule has 2 unspecified atom stereocenters. The molecule has 5 heteroatoms. The smallest absolute Gasteiger partial charge is 0.241 e. The fourth-order valence-electron chi connectivity index (χ4n) is 2.63. The van der Waals surface area contributed by atoms with Gasteiger partial charge in [0.2, 0.25) is 5.91 Å². The van der Waals surface area contributed by atoms with E-state index in [-0.39, 0.29) is 18.1 Å². The molecule has 112 valence electrons. The second kappa shape index (κ2) is 8.05. The Labute approximate surface area is 130 Å². The molecule has 0 spiro atoms. The molecule has 1 fully saturated rings. The van der Waals surface area contributed by atoms with Crippen molar-refractivity contribution in [2.45, 2.75) is 44.8 Å². The number of thiophene rings is 1. The van der Waals surface area contributed by atoms with Crippen molar-refractivity contribution in [3.8, 4) is 0 Å². The number of nitrogens with one attached hydrogen (secondary N) is 1. The SMILES string of the molecule is CCCC1NC(c2cccs2)N(CCCCSC)C1=O. The lowest BCUT2D eigenvalue weighted by atomic mass is 10.1. The van der Waals surface area contributed by atoms with Crippen LogP contribution >= 0.6 is 23.1 Å². The van der Waals surface area contributed by atoms with Gasteiger partial charge in [-0.25, -0.2) is 0 Å². The first-order chi connectivity index (χ1) is 9.77. The van der Waals surface area contributed by atoms with Crippen LogP contribution in [0.15, 0.2) is 17.5 Å². The Bertz CT molecular complexity index is 408. The first-order valence-electron chi connectivity index (χ1n) is 7.36. The molecular weight excluding hydrogens is 288 g/mol. The topological polar surface area (TPSA) is 32.3 Å². The van der Waals surface area contributed by atoms with Crippen LogP contribution in [0.3, 0.4) is 0 Å². The van der Waals surface area contributed by atoms with E-state index < -0.39 is 0 Å². The first-order valence-corrected chi connectivity index (χ1v) is 9.64. The first kappa shape index (κ1) is 15.9. The number of amides is 1. The third kappa shape index (κ3) is 3.77. The van der Waals surface area contributed by atoms with Crippen LogP contribution in [0.4, 0.5) is 0 Å². The summed E-state index contributed by atoms with van der Waals surface area (Å²) in [5, 5.41) is 5.60. The maximum Gasteiger partial charge on any atom is 0.241 e. The highest BCUT2D eigenvalue weighted by Gasteiger charge is 2.38. The molecule has 2 atom stereocenters. The lowest BCUT2D eigenvalue weighted by Gasteiger charge is -2.23. The zero-order valence-corrected chi connectivity index (χ0v) is 13.9. The fourth-order valence-corrected chi connectivity index (χ4v) is 3.91. The van der Waals surface area contributed by atoms with Crippen LogP contribution in [-0.4, -0.2) is 35.4 Å². The average Bonchev–Trinajstić information content (AvgIpc) is 3.06. The lowest BCUT2D eigenvalue weighted by molar-refractivity contribution is -0.130. The highest BCUT2D eigenvalue weighted by molar-refractivity contribution is 7.98. The van der Waals surface area contributed by atoms with Gasteiger partial charge in [-0.1, -0.05) is 19.4 Å². The van der Waals surface area contributed by atoms with Crippen LogP contribution in [0.5, 0.6) is 0 Å². The summed E-state index contributed by atoms with van der Waals surface area (Å²) < 4.78 is 0. The molecule has 0 aromatic carbocycles. The van der Waals surface area contributed by atoms with Gasteiger partial charge in [0.05, 0.1) is 6.04 Å². The van der Waals surface area contributed by atoms with Gasteiger partial charge in [0.1, 0.15) is 6.17 Å². The predicted octanol–water partition coefficient (Wildman–Crippen LogP) is 3.49. The van der Waals surface area contributed by atoms with Gasteiger partial charge in [-0.3, -0.25) is 10.1 Å². The molecule has 0 saturated carbocycles. The molecule has 1 aromatic heterocycles. The predicted molar refractivity (Wildman–Crippen MR) is 88.2 cm³/mol. The van der Waals surface area contributed by atoms with Crippen LogP contribution in [0, 0.1) is 0 Å². The van der Waals surface area contributed by atoms with Gasteiger partial charge in [0.25, 0.3) is 0 Å². The van der Waals surface area contributed by atoms with Crippen molar-refractivity contribution in [3.05, 3.63) is 22.4 Å². The molecule has 1 aliphatic rings. The van der Waals surface area contributed by atoms with Gasteiger partial charge in [-0.15, -0.1) is 11.3 Å². The highest BCUT2D eigenvalue weighted by atomic mass is 32.2. The van der Waals surface area contributed by atoms with E-state index in [0.29, 0.717) is 0 Å². The monoisotopic (exact) mass is 312 g/mol. The second-order valence-electron chi connectivity index (χ2n) is 5.16. The van der Waals surface area contributed by atoms with E-state index in [1.807, 2.05) is 16.7 Å². The lowest BCUT2D eigenvalue weighted by Crippen LogP contribution is -2.31. The minimum Gasteiger partial charge on any atom is -0.321 e. The number of hydrogen-bond donors (Lipinski definition) is 1. The standard InChI is InChI=1S/C15H24N2OS2/c1-3-7-12-15(18)17(9-4-5-10-19-2)14(16-12)13-8-6-11-20-13/h6,8,11-12,14,16H,3-5,7,9-10H2,1-2H3. The largest absolute Gasteiger partial charge is 0.321 e. The Morgan fingerprint density at radius 2 is 2.30 bits per heavy atom. The minimum atomic E-state index is 0.00708. The number of thioether (sulfide) groups is 1. The van der Waals surface area contributed by atoms with Gasteiger partial charge in [-0.05, 0) is 42.7 Å². The summed E-state index contributed by atoms with van der Waals surface area (Å²) in [6.45, 7) is 3.01. The second-order valence-corrected chi connectivity index (χ2v) is 7.12. The molecule has 1 N–H and O–H groups in total. The average molecular weight is 313 g/mol. The third-order valence-electron chi connectivity index (χ3n) is 3.64. The van der Waals surface area contributed by atoms with E-state index in [1.54, 1.807) is 11.3 Å². The van der Waals surface area contributed by atoms with E-state index in [4.69, 9.17) is 0 Å². The molecule has 0 radical (unpaired) electrons. The Balaban J connectivity index is 2.01. The Morgan fingerprint density at radius 1 is 1.45 bits per heavy atom. The Hall–Kier alpha value is -0.520. The van der Waals surface area contributed by atoms with Crippen LogP contribution in [0.1, 0.15) is 43.6 Å². The molecule has 20 heavy (non-hydrogen) atoms. The van der Waals surface area contributed by atoms with E-state index in [9.17, 15) is 4.79 Å². The van der Waals surface area contributed by atoms with Crippen LogP contribution < -0.4 is 5.32 Å². The zero-order chi connectivity index (χ0) is 14.4. The minimum absolute atomic E-state index is 0.00708. The molecule has 1 aromatic rings. The van der Waals surface area contributed by atoms with Crippen molar-refractivity contribution >= 4 is 29.0 Å². The Kier molecular flexibility index (Phi) is 6.39. The summed E-state index contributed by atoms with van der Waals surface area (Å²) in [6, 6.07) is 4.19. The molecule has 2 rings (SSSR count). The van der Waals surface area contributed by atoms with Gasteiger partial charge in [-0.2, -0.15) is 11.8 Å². The number of unbranched alkanes of at least 4 members (excludes halogenated alkanes) is 1. The summed E-state index contributed by atoms with van der Waals surface area (Å²) in [4.78, 5) is 15.8. The van der Waals surface area contributed by atoms with Crippen LogP contribution in [-0.2, 0) is 4.79 Å². The quantitative estimate of drug-likeness (QED) is 0.746. The maximum atomic E-state index is 12.5. The van der Waals surface area contributed by atoms with E-state index in [0.717, 1.165) is 25.8 Å². The van der Waals surface area contributed by atoms with Crippen molar-refractivity contribution < 1.29 is 4.79 Å². The third-order valence-corrected chi connectivity index (χ3v) is 5.26. The summed E-state index contributed by atoms with van der Waals surface area (Å²) in [6.07, 6.45) is 6.47. The summed E-state index contributed by atoms with van der Waals surface area (Å²) in [5.41, 5.74) is 0. The molecule has 1 saturated heterocycles. The molecule has 1 amide bonds. The van der Waals surface area contributed by atoms with E-state index in [2.05, 4.69) is 36.0 Å².